The molecule has 1 atom stereocenters. The number of benzene rings is 1. The highest BCUT2D eigenvalue weighted by Gasteiger charge is 2.17. The number of hydrogen-bond acceptors (Lipinski definition) is 3. The van der Waals surface area contributed by atoms with Crippen molar-refractivity contribution in [1.29, 1.82) is 0 Å². The van der Waals surface area contributed by atoms with Crippen molar-refractivity contribution in [3.63, 3.8) is 0 Å². The van der Waals surface area contributed by atoms with E-state index in [9.17, 15) is 4.39 Å². The van der Waals surface area contributed by atoms with E-state index in [4.69, 9.17) is 11.5 Å². The van der Waals surface area contributed by atoms with Crippen LogP contribution in [0, 0.1) is 19.7 Å². The minimum atomic E-state index is -0.600. The quantitative estimate of drug-likeness (QED) is 0.854. The summed E-state index contributed by atoms with van der Waals surface area (Å²) in [5.41, 5.74) is 14.9. The van der Waals surface area contributed by atoms with Crippen LogP contribution in [0.1, 0.15) is 28.3 Å². The predicted molar refractivity (Wildman–Crippen MR) is 70.6 cm³/mol. The molecule has 0 aliphatic carbocycles. The Morgan fingerprint density at radius 3 is 2.50 bits per heavy atom. The summed E-state index contributed by atoms with van der Waals surface area (Å²) in [6.07, 6.45) is 1.66. The van der Waals surface area contributed by atoms with E-state index in [0.29, 0.717) is 16.9 Å². The van der Waals surface area contributed by atoms with E-state index in [1.54, 1.807) is 18.3 Å². The Labute approximate surface area is 106 Å². The van der Waals surface area contributed by atoms with E-state index in [1.165, 1.54) is 6.07 Å². The number of nitrogens with two attached hydrogens (primary N) is 2. The highest BCUT2D eigenvalue weighted by atomic mass is 19.1. The van der Waals surface area contributed by atoms with Gasteiger partial charge in [-0.2, -0.15) is 0 Å². The first-order valence-corrected chi connectivity index (χ1v) is 5.72. The number of rotatable bonds is 2. The Balaban J connectivity index is 2.50. The number of aromatic nitrogens is 1. The molecule has 0 radical (unpaired) electrons. The average molecular weight is 245 g/mol. The number of hydrogen-bond donors (Lipinski definition) is 2. The van der Waals surface area contributed by atoms with Gasteiger partial charge in [0, 0.05) is 17.3 Å². The van der Waals surface area contributed by atoms with Crippen molar-refractivity contribution >= 4 is 5.82 Å². The number of anilines is 1. The summed E-state index contributed by atoms with van der Waals surface area (Å²) >= 11 is 0. The second-order valence-corrected chi connectivity index (χ2v) is 4.49. The zero-order chi connectivity index (χ0) is 13.3. The van der Waals surface area contributed by atoms with Gasteiger partial charge in [0.1, 0.15) is 11.6 Å². The lowest BCUT2D eigenvalue weighted by Gasteiger charge is -2.16. The van der Waals surface area contributed by atoms with Crippen LogP contribution < -0.4 is 11.5 Å². The van der Waals surface area contributed by atoms with Gasteiger partial charge in [0.05, 0.1) is 6.04 Å². The molecule has 2 aromatic rings. The normalized spacial score (nSPS) is 12.4. The fourth-order valence-electron chi connectivity index (χ4n) is 1.92. The lowest BCUT2D eigenvalue weighted by atomic mass is 9.97. The second-order valence-electron chi connectivity index (χ2n) is 4.49. The van der Waals surface area contributed by atoms with Crippen molar-refractivity contribution in [2.24, 2.45) is 5.73 Å². The second kappa shape index (κ2) is 4.74. The number of halogens is 1. The summed E-state index contributed by atoms with van der Waals surface area (Å²) in [5, 5.41) is 0. The molecule has 18 heavy (non-hydrogen) atoms. The molecule has 0 spiro atoms. The molecule has 94 valence electrons. The van der Waals surface area contributed by atoms with E-state index in [2.05, 4.69) is 4.98 Å². The molecule has 0 amide bonds. The minimum absolute atomic E-state index is 0.325. The molecule has 0 bridgehead atoms. The summed E-state index contributed by atoms with van der Waals surface area (Å²) in [5.74, 6) is 0.0167. The van der Waals surface area contributed by atoms with Crippen molar-refractivity contribution < 1.29 is 4.39 Å². The van der Waals surface area contributed by atoms with E-state index >= 15 is 0 Å². The van der Waals surface area contributed by atoms with Gasteiger partial charge >= 0.3 is 0 Å². The van der Waals surface area contributed by atoms with Crippen LogP contribution in [0.3, 0.4) is 0 Å². The number of aryl methyl sites for hydroxylation is 2. The molecule has 0 fully saturated rings. The zero-order valence-corrected chi connectivity index (χ0v) is 10.4. The Hall–Kier alpha value is -1.94. The van der Waals surface area contributed by atoms with Gasteiger partial charge in [0.15, 0.2) is 0 Å². The van der Waals surface area contributed by atoms with Crippen LogP contribution >= 0.6 is 0 Å². The van der Waals surface area contributed by atoms with Gasteiger partial charge in [-0.05, 0) is 31.5 Å². The maximum absolute atomic E-state index is 13.8. The van der Waals surface area contributed by atoms with Gasteiger partial charge in [-0.25, -0.2) is 9.37 Å². The molecule has 0 aliphatic heterocycles. The molecule has 1 aromatic carbocycles. The smallest absolute Gasteiger partial charge is 0.128 e. The van der Waals surface area contributed by atoms with Crippen LogP contribution in [0.2, 0.25) is 0 Å². The summed E-state index contributed by atoms with van der Waals surface area (Å²) in [7, 11) is 0. The zero-order valence-electron chi connectivity index (χ0n) is 10.4. The SMILES string of the molecule is Cc1ccc(F)c(C(N)c2cc(C)cnc2N)c1. The summed E-state index contributed by atoms with van der Waals surface area (Å²) in [6, 6.07) is 6.11. The van der Waals surface area contributed by atoms with E-state index in [-0.39, 0.29) is 5.82 Å². The molecular weight excluding hydrogens is 229 g/mol. The first-order valence-electron chi connectivity index (χ1n) is 5.72. The summed E-state index contributed by atoms with van der Waals surface area (Å²) < 4.78 is 13.8. The third-order valence-corrected chi connectivity index (χ3v) is 2.91. The molecule has 0 saturated carbocycles. The standard InChI is InChI=1S/C14H16FN3/c1-8-3-4-12(15)10(5-8)13(16)11-6-9(2)7-18-14(11)17/h3-7,13H,16H2,1-2H3,(H2,17,18). The van der Waals surface area contributed by atoms with E-state index in [1.807, 2.05) is 19.9 Å². The number of nitrogen functional groups attached to an aromatic ring is 1. The van der Waals surface area contributed by atoms with Gasteiger partial charge in [0.2, 0.25) is 0 Å². The third kappa shape index (κ3) is 2.33. The van der Waals surface area contributed by atoms with Gasteiger partial charge < -0.3 is 11.5 Å². The number of nitrogens with zero attached hydrogens (tertiary/aromatic N) is 1. The molecule has 1 aromatic heterocycles. The largest absolute Gasteiger partial charge is 0.383 e. The fraction of sp³-hybridized carbons (Fsp3) is 0.214. The van der Waals surface area contributed by atoms with Crippen LogP contribution in [-0.4, -0.2) is 4.98 Å². The Morgan fingerprint density at radius 1 is 1.11 bits per heavy atom. The molecular formula is C14H16FN3. The van der Waals surface area contributed by atoms with Gasteiger partial charge in [-0.15, -0.1) is 0 Å². The minimum Gasteiger partial charge on any atom is -0.383 e. The molecule has 4 N–H and O–H groups in total. The summed E-state index contributed by atoms with van der Waals surface area (Å²) in [6.45, 7) is 3.79. The van der Waals surface area contributed by atoms with Crippen LogP contribution in [0.25, 0.3) is 0 Å². The highest BCUT2D eigenvalue weighted by Crippen LogP contribution is 2.26. The van der Waals surface area contributed by atoms with Crippen molar-refractivity contribution in [2.75, 3.05) is 5.73 Å². The number of pyridine rings is 1. The molecule has 4 heteroatoms. The predicted octanol–water partition coefficient (Wildman–Crippen LogP) is 2.47. The van der Waals surface area contributed by atoms with Crippen molar-refractivity contribution in [3.05, 3.63) is 58.5 Å². The van der Waals surface area contributed by atoms with Crippen molar-refractivity contribution in [2.45, 2.75) is 19.9 Å². The first kappa shape index (κ1) is 12.5. The van der Waals surface area contributed by atoms with Crippen LogP contribution in [0.5, 0.6) is 0 Å². The first-order chi connectivity index (χ1) is 8.49. The molecule has 3 nitrogen and oxygen atoms in total. The molecule has 1 heterocycles. The van der Waals surface area contributed by atoms with Crippen LogP contribution in [0.4, 0.5) is 10.2 Å². The molecule has 0 aliphatic rings. The van der Waals surface area contributed by atoms with Gasteiger partial charge in [0.25, 0.3) is 0 Å². The third-order valence-electron chi connectivity index (χ3n) is 2.91. The lowest BCUT2D eigenvalue weighted by molar-refractivity contribution is 0.599. The Kier molecular flexibility index (Phi) is 3.30. The van der Waals surface area contributed by atoms with Crippen LogP contribution in [-0.2, 0) is 0 Å². The van der Waals surface area contributed by atoms with Gasteiger partial charge in [-0.1, -0.05) is 17.7 Å². The molecule has 0 saturated heterocycles. The molecule has 2 rings (SSSR count). The van der Waals surface area contributed by atoms with Crippen LogP contribution in [0.15, 0.2) is 30.5 Å². The average Bonchev–Trinajstić information content (AvgIpc) is 2.34. The Bertz CT molecular complexity index is 530. The lowest BCUT2D eigenvalue weighted by Crippen LogP contribution is -2.16. The topological polar surface area (TPSA) is 64.9 Å². The maximum Gasteiger partial charge on any atom is 0.128 e. The highest BCUT2D eigenvalue weighted by molar-refractivity contribution is 5.47. The Morgan fingerprint density at radius 2 is 1.78 bits per heavy atom. The van der Waals surface area contributed by atoms with E-state index < -0.39 is 6.04 Å². The van der Waals surface area contributed by atoms with Crippen molar-refractivity contribution in [3.8, 4) is 0 Å². The maximum atomic E-state index is 13.8. The molecule has 1 unspecified atom stereocenters. The monoisotopic (exact) mass is 245 g/mol. The van der Waals surface area contributed by atoms with Crippen molar-refractivity contribution in [1.82, 2.24) is 4.98 Å². The fourth-order valence-corrected chi connectivity index (χ4v) is 1.92. The van der Waals surface area contributed by atoms with Gasteiger partial charge in [-0.3, -0.25) is 0 Å². The van der Waals surface area contributed by atoms with E-state index in [0.717, 1.165) is 11.1 Å². The summed E-state index contributed by atoms with van der Waals surface area (Å²) in [4.78, 5) is 4.05.